The first-order chi connectivity index (χ1) is 8.49. The molecule has 0 aliphatic heterocycles. The molecule has 0 aromatic heterocycles. The molecule has 102 valence electrons. The van der Waals surface area contributed by atoms with Crippen molar-refractivity contribution in [1.29, 1.82) is 0 Å². The lowest BCUT2D eigenvalue weighted by Crippen LogP contribution is -2.31. The van der Waals surface area contributed by atoms with E-state index in [4.69, 9.17) is 5.73 Å². The molecule has 1 unspecified atom stereocenters. The lowest BCUT2D eigenvalue weighted by Gasteiger charge is -2.30. The Hall–Kier alpha value is -0.740. The standard InChI is InChI=1S/C14H23FN2S/c1-10(8-9-18-4)17(3)13-7-5-6-12(15)14(13)11(2)16/h5-7,10-11H,8-9,16H2,1-4H3/t10?,11-/m0/s1. The monoisotopic (exact) mass is 270 g/mol. The fourth-order valence-electron chi connectivity index (χ4n) is 2.00. The Balaban J connectivity index is 2.97. The summed E-state index contributed by atoms with van der Waals surface area (Å²) < 4.78 is 13.9. The van der Waals surface area contributed by atoms with Crippen molar-refractivity contribution in [2.75, 3.05) is 24.0 Å². The highest BCUT2D eigenvalue weighted by Crippen LogP contribution is 2.28. The van der Waals surface area contributed by atoms with E-state index in [1.54, 1.807) is 6.07 Å². The van der Waals surface area contributed by atoms with Gasteiger partial charge in [-0.3, -0.25) is 0 Å². The van der Waals surface area contributed by atoms with Gasteiger partial charge in [0.2, 0.25) is 0 Å². The van der Waals surface area contributed by atoms with Crippen molar-refractivity contribution in [3.05, 3.63) is 29.6 Å². The van der Waals surface area contributed by atoms with E-state index in [1.165, 1.54) is 6.07 Å². The van der Waals surface area contributed by atoms with Crippen LogP contribution in [0.1, 0.15) is 31.9 Å². The number of nitrogens with two attached hydrogens (primary N) is 1. The molecule has 0 heterocycles. The van der Waals surface area contributed by atoms with Gasteiger partial charge >= 0.3 is 0 Å². The maximum absolute atomic E-state index is 13.9. The third-order valence-corrected chi connectivity index (χ3v) is 3.91. The third kappa shape index (κ3) is 3.62. The molecule has 18 heavy (non-hydrogen) atoms. The summed E-state index contributed by atoms with van der Waals surface area (Å²) in [5.74, 6) is 0.889. The topological polar surface area (TPSA) is 29.3 Å². The van der Waals surface area contributed by atoms with Crippen LogP contribution in [0.3, 0.4) is 0 Å². The first kappa shape index (κ1) is 15.3. The Labute approximate surface area is 114 Å². The second-order valence-electron chi connectivity index (χ2n) is 4.70. The maximum atomic E-state index is 13.9. The largest absolute Gasteiger partial charge is 0.372 e. The molecule has 1 aromatic carbocycles. The molecule has 1 rings (SSSR count). The Kier molecular flexibility index (Phi) is 5.96. The van der Waals surface area contributed by atoms with Gasteiger partial charge in [0.05, 0.1) is 0 Å². The number of nitrogens with zero attached hydrogens (tertiary/aromatic N) is 1. The molecule has 0 bridgehead atoms. The lowest BCUT2D eigenvalue weighted by atomic mass is 10.0. The van der Waals surface area contributed by atoms with Crippen molar-refractivity contribution >= 4 is 17.4 Å². The van der Waals surface area contributed by atoms with Crippen LogP contribution in [0.2, 0.25) is 0 Å². The number of anilines is 1. The summed E-state index contributed by atoms with van der Waals surface area (Å²) in [5, 5.41) is 0. The molecule has 0 amide bonds. The van der Waals surface area contributed by atoms with E-state index in [2.05, 4.69) is 18.1 Å². The van der Waals surface area contributed by atoms with E-state index in [1.807, 2.05) is 31.8 Å². The molecule has 1 aromatic rings. The van der Waals surface area contributed by atoms with Crippen LogP contribution in [-0.2, 0) is 0 Å². The smallest absolute Gasteiger partial charge is 0.130 e. The zero-order chi connectivity index (χ0) is 13.7. The van der Waals surface area contributed by atoms with Crippen molar-refractivity contribution in [3.63, 3.8) is 0 Å². The molecular formula is C14H23FN2S. The Morgan fingerprint density at radius 2 is 2.06 bits per heavy atom. The van der Waals surface area contributed by atoms with Crippen LogP contribution in [0.4, 0.5) is 10.1 Å². The summed E-state index contributed by atoms with van der Waals surface area (Å²) in [7, 11) is 2.01. The van der Waals surface area contributed by atoms with Crippen LogP contribution in [0, 0.1) is 5.82 Å². The predicted octanol–water partition coefficient (Wildman–Crippen LogP) is 3.42. The first-order valence-corrected chi connectivity index (χ1v) is 7.64. The second kappa shape index (κ2) is 7.00. The Bertz CT molecular complexity index is 382. The highest BCUT2D eigenvalue weighted by molar-refractivity contribution is 7.98. The summed E-state index contributed by atoms with van der Waals surface area (Å²) in [6.45, 7) is 3.98. The van der Waals surface area contributed by atoms with E-state index in [9.17, 15) is 4.39 Å². The minimum Gasteiger partial charge on any atom is -0.372 e. The van der Waals surface area contributed by atoms with E-state index in [0.29, 0.717) is 11.6 Å². The SMILES string of the molecule is CSCCC(C)N(C)c1cccc(F)c1[C@H](C)N. The lowest BCUT2D eigenvalue weighted by molar-refractivity contribution is 0.587. The van der Waals surface area contributed by atoms with Crippen LogP contribution in [-0.4, -0.2) is 25.1 Å². The molecule has 0 saturated heterocycles. The number of hydrogen-bond donors (Lipinski definition) is 1. The molecule has 2 nitrogen and oxygen atoms in total. The van der Waals surface area contributed by atoms with E-state index in [0.717, 1.165) is 17.9 Å². The minimum atomic E-state index is -0.295. The van der Waals surface area contributed by atoms with Gasteiger partial charge in [-0.25, -0.2) is 4.39 Å². The quantitative estimate of drug-likeness (QED) is 0.859. The average Bonchev–Trinajstić information content (AvgIpc) is 2.34. The Morgan fingerprint density at radius 1 is 1.39 bits per heavy atom. The molecule has 0 saturated carbocycles. The van der Waals surface area contributed by atoms with Gasteiger partial charge in [0.25, 0.3) is 0 Å². The zero-order valence-electron chi connectivity index (χ0n) is 11.6. The molecule has 0 spiro atoms. The molecule has 0 aliphatic carbocycles. The highest BCUT2D eigenvalue weighted by Gasteiger charge is 2.18. The normalized spacial score (nSPS) is 14.3. The molecular weight excluding hydrogens is 247 g/mol. The van der Waals surface area contributed by atoms with E-state index >= 15 is 0 Å². The molecule has 0 aliphatic rings. The van der Waals surface area contributed by atoms with E-state index in [-0.39, 0.29) is 11.9 Å². The van der Waals surface area contributed by atoms with Crippen LogP contribution in [0.15, 0.2) is 18.2 Å². The Morgan fingerprint density at radius 3 is 2.61 bits per heavy atom. The molecule has 0 radical (unpaired) electrons. The number of benzene rings is 1. The van der Waals surface area contributed by atoms with Crippen molar-refractivity contribution in [3.8, 4) is 0 Å². The first-order valence-electron chi connectivity index (χ1n) is 6.24. The molecule has 2 atom stereocenters. The number of hydrogen-bond acceptors (Lipinski definition) is 3. The second-order valence-corrected chi connectivity index (χ2v) is 5.69. The van der Waals surface area contributed by atoms with Gasteiger partial charge in [-0.2, -0.15) is 11.8 Å². The van der Waals surface area contributed by atoms with E-state index < -0.39 is 0 Å². The third-order valence-electron chi connectivity index (χ3n) is 3.27. The maximum Gasteiger partial charge on any atom is 0.130 e. The van der Waals surface area contributed by atoms with Crippen LogP contribution >= 0.6 is 11.8 Å². The van der Waals surface area contributed by atoms with Gasteiger partial charge in [-0.1, -0.05) is 6.07 Å². The van der Waals surface area contributed by atoms with Crippen molar-refractivity contribution in [2.45, 2.75) is 32.4 Å². The molecule has 0 fully saturated rings. The summed E-state index contributed by atoms with van der Waals surface area (Å²) in [6, 6.07) is 5.24. The summed E-state index contributed by atoms with van der Waals surface area (Å²) in [4.78, 5) is 2.12. The van der Waals surface area contributed by atoms with Gasteiger partial charge < -0.3 is 10.6 Å². The van der Waals surface area contributed by atoms with Crippen molar-refractivity contribution in [2.24, 2.45) is 5.73 Å². The van der Waals surface area contributed by atoms with Crippen molar-refractivity contribution in [1.82, 2.24) is 0 Å². The number of rotatable bonds is 6. The van der Waals surface area contributed by atoms with Gasteiger partial charge in [-0.05, 0) is 44.4 Å². The van der Waals surface area contributed by atoms with Gasteiger partial charge in [0, 0.05) is 30.4 Å². The fraction of sp³-hybridized carbons (Fsp3) is 0.571. The van der Waals surface area contributed by atoms with Crippen LogP contribution in [0.25, 0.3) is 0 Å². The molecule has 4 heteroatoms. The summed E-state index contributed by atoms with van der Waals surface area (Å²) in [6.07, 6.45) is 3.18. The van der Waals surface area contributed by atoms with Gasteiger partial charge in [0.15, 0.2) is 0 Å². The number of thioether (sulfide) groups is 1. The van der Waals surface area contributed by atoms with Gasteiger partial charge in [-0.15, -0.1) is 0 Å². The van der Waals surface area contributed by atoms with Gasteiger partial charge in [0.1, 0.15) is 5.82 Å². The summed E-state index contributed by atoms with van der Waals surface area (Å²) >= 11 is 1.83. The summed E-state index contributed by atoms with van der Waals surface area (Å²) in [5.41, 5.74) is 7.39. The molecule has 2 N–H and O–H groups in total. The average molecular weight is 270 g/mol. The minimum absolute atomic E-state index is 0.216. The fourth-order valence-corrected chi connectivity index (χ4v) is 2.58. The van der Waals surface area contributed by atoms with Crippen LogP contribution in [0.5, 0.6) is 0 Å². The highest BCUT2D eigenvalue weighted by atomic mass is 32.2. The van der Waals surface area contributed by atoms with Crippen molar-refractivity contribution < 1.29 is 4.39 Å². The van der Waals surface area contributed by atoms with Crippen LogP contribution < -0.4 is 10.6 Å². The number of halogens is 1. The predicted molar refractivity (Wildman–Crippen MR) is 79.9 cm³/mol. The zero-order valence-corrected chi connectivity index (χ0v) is 12.4.